The molecule has 1 saturated heterocycles. The molecule has 1 aliphatic heterocycles. The fraction of sp³-hybridized carbons (Fsp3) is 0.308. The summed E-state index contributed by atoms with van der Waals surface area (Å²) in [6.45, 7) is 1.34. The highest BCUT2D eigenvalue weighted by Crippen LogP contribution is 2.17. The van der Waals surface area contributed by atoms with Gasteiger partial charge in [-0.3, -0.25) is 14.5 Å². The molecule has 6 nitrogen and oxygen atoms in total. The number of carbonyl (C=O) groups is 1. The molecule has 0 atom stereocenters. The third-order valence-electron chi connectivity index (χ3n) is 3.35. The molecular formula is C13H13N3O3. The van der Waals surface area contributed by atoms with Crippen molar-refractivity contribution in [1.82, 2.24) is 14.9 Å². The Morgan fingerprint density at radius 2 is 2.16 bits per heavy atom. The Morgan fingerprint density at radius 3 is 2.89 bits per heavy atom. The van der Waals surface area contributed by atoms with Crippen molar-refractivity contribution >= 4 is 17.0 Å². The zero-order chi connectivity index (χ0) is 13.4. The van der Waals surface area contributed by atoms with E-state index >= 15 is 0 Å². The first kappa shape index (κ1) is 11.9. The van der Waals surface area contributed by atoms with Gasteiger partial charge in [-0.1, -0.05) is 12.1 Å². The fourth-order valence-corrected chi connectivity index (χ4v) is 2.24. The van der Waals surface area contributed by atoms with Crippen molar-refractivity contribution < 1.29 is 9.90 Å². The van der Waals surface area contributed by atoms with Crippen LogP contribution in [0.25, 0.3) is 11.0 Å². The van der Waals surface area contributed by atoms with E-state index in [1.807, 2.05) is 23.1 Å². The van der Waals surface area contributed by atoms with Crippen molar-refractivity contribution in [2.75, 3.05) is 13.1 Å². The van der Waals surface area contributed by atoms with E-state index in [0.717, 1.165) is 5.52 Å². The summed E-state index contributed by atoms with van der Waals surface area (Å²) in [7, 11) is 0. The molecular weight excluding hydrogens is 246 g/mol. The van der Waals surface area contributed by atoms with E-state index < -0.39 is 5.97 Å². The van der Waals surface area contributed by atoms with Gasteiger partial charge in [0.2, 0.25) is 0 Å². The summed E-state index contributed by atoms with van der Waals surface area (Å²) in [6, 6.07) is 7.34. The Balaban J connectivity index is 1.80. The average Bonchev–Trinajstić information content (AvgIpc) is 2.33. The van der Waals surface area contributed by atoms with Crippen molar-refractivity contribution in [1.29, 1.82) is 0 Å². The van der Waals surface area contributed by atoms with Crippen molar-refractivity contribution in [3.8, 4) is 0 Å². The molecule has 0 bridgehead atoms. The van der Waals surface area contributed by atoms with E-state index in [-0.39, 0.29) is 11.5 Å². The third kappa shape index (κ3) is 2.22. The molecule has 3 rings (SSSR count). The molecule has 0 unspecified atom stereocenters. The van der Waals surface area contributed by atoms with Crippen LogP contribution in [0.2, 0.25) is 0 Å². The number of benzene rings is 1. The van der Waals surface area contributed by atoms with Gasteiger partial charge < -0.3 is 10.1 Å². The summed E-state index contributed by atoms with van der Waals surface area (Å²) in [5.74, 6) is -1.10. The quantitative estimate of drug-likeness (QED) is 0.835. The van der Waals surface area contributed by atoms with E-state index in [1.54, 1.807) is 6.07 Å². The molecule has 1 aromatic heterocycles. The lowest BCUT2D eigenvalue weighted by Gasteiger charge is -2.35. The SMILES string of the molecule is O=C(O)C1CN(Cc2nc3ccccc3[nH]c2=O)C1. The minimum absolute atomic E-state index is 0.211. The summed E-state index contributed by atoms with van der Waals surface area (Å²) in [5.41, 5.74) is 1.68. The number of rotatable bonds is 3. The molecule has 0 amide bonds. The van der Waals surface area contributed by atoms with Crippen molar-refractivity contribution in [2.24, 2.45) is 5.92 Å². The molecule has 0 aliphatic carbocycles. The Bertz CT molecular complexity index is 689. The van der Waals surface area contributed by atoms with E-state index in [9.17, 15) is 9.59 Å². The van der Waals surface area contributed by atoms with Crippen LogP contribution in [0, 0.1) is 5.92 Å². The molecule has 0 radical (unpaired) electrons. The van der Waals surface area contributed by atoms with Crippen LogP contribution in [-0.2, 0) is 11.3 Å². The first-order chi connectivity index (χ1) is 9.13. The number of nitrogens with zero attached hydrogens (tertiary/aromatic N) is 2. The number of aliphatic carboxylic acids is 1. The first-order valence-corrected chi connectivity index (χ1v) is 6.06. The highest BCUT2D eigenvalue weighted by molar-refractivity contribution is 5.73. The van der Waals surface area contributed by atoms with Gasteiger partial charge >= 0.3 is 5.97 Å². The number of carboxylic acids is 1. The highest BCUT2D eigenvalue weighted by Gasteiger charge is 2.32. The minimum Gasteiger partial charge on any atom is -0.481 e. The van der Waals surface area contributed by atoms with Crippen molar-refractivity contribution in [2.45, 2.75) is 6.54 Å². The molecule has 2 N–H and O–H groups in total. The van der Waals surface area contributed by atoms with Gasteiger partial charge in [-0.2, -0.15) is 0 Å². The molecule has 0 spiro atoms. The van der Waals surface area contributed by atoms with E-state index in [4.69, 9.17) is 5.11 Å². The highest BCUT2D eigenvalue weighted by atomic mass is 16.4. The zero-order valence-corrected chi connectivity index (χ0v) is 10.2. The van der Waals surface area contributed by atoms with E-state index in [2.05, 4.69) is 9.97 Å². The number of hydrogen-bond donors (Lipinski definition) is 2. The lowest BCUT2D eigenvalue weighted by molar-refractivity contribution is -0.147. The van der Waals surface area contributed by atoms with Crippen LogP contribution in [-0.4, -0.2) is 39.0 Å². The molecule has 0 saturated carbocycles. The van der Waals surface area contributed by atoms with Crippen molar-refractivity contribution in [3.63, 3.8) is 0 Å². The maximum absolute atomic E-state index is 11.9. The second-order valence-electron chi connectivity index (χ2n) is 4.76. The molecule has 2 aromatic rings. The average molecular weight is 259 g/mol. The second-order valence-corrected chi connectivity index (χ2v) is 4.76. The number of aromatic amines is 1. The summed E-state index contributed by atoms with van der Waals surface area (Å²) in [5, 5.41) is 8.80. The summed E-state index contributed by atoms with van der Waals surface area (Å²) in [6.07, 6.45) is 0. The van der Waals surface area contributed by atoms with Crippen LogP contribution in [0.1, 0.15) is 5.69 Å². The van der Waals surface area contributed by atoms with Gasteiger partial charge in [0, 0.05) is 19.6 Å². The summed E-state index contributed by atoms with van der Waals surface area (Å²) >= 11 is 0. The van der Waals surface area contributed by atoms with Crippen LogP contribution >= 0.6 is 0 Å². The number of hydrogen-bond acceptors (Lipinski definition) is 4. The predicted molar refractivity (Wildman–Crippen MR) is 68.8 cm³/mol. The Kier molecular flexibility index (Phi) is 2.79. The molecule has 19 heavy (non-hydrogen) atoms. The molecule has 98 valence electrons. The summed E-state index contributed by atoms with van der Waals surface area (Å²) in [4.78, 5) is 31.6. The normalized spacial score (nSPS) is 16.4. The molecule has 6 heteroatoms. The topological polar surface area (TPSA) is 86.3 Å². The maximum atomic E-state index is 11.9. The number of likely N-dealkylation sites (tertiary alicyclic amines) is 1. The van der Waals surface area contributed by atoms with E-state index in [0.29, 0.717) is 30.8 Å². The van der Waals surface area contributed by atoms with Crippen LogP contribution in [0.5, 0.6) is 0 Å². The number of carboxylic acid groups (broad SMARTS) is 1. The number of nitrogens with one attached hydrogen (secondary N) is 1. The van der Waals surface area contributed by atoms with Crippen LogP contribution in [0.4, 0.5) is 0 Å². The fourth-order valence-electron chi connectivity index (χ4n) is 2.24. The van der Waals surface area contributed by atoms with Crippen LogP contribution in [0.3, 0.4) is 0 Å². The maximum Gasteiger partial charge on any atom is 0.309 e. The van der Waals surface area contributed by atoms with Crippen LogP contribution in [0.15, 0.2) is 29.1 Å². The van der Waals surface area contributed by atoms with Gasteiger partial charge in [0.15, 0.2) is 0 Å². The van der Waals surface area contributed by atoms with Gasteiger partial charge in [-0.05, 0) is 12.1 Å². The predicted octanol–water partition coefficient (Wildman–Crippen LogP) is 0.440. The standard InChI is InChI=1S/C13H13N3O3/c17-12-11(7-16-5-8(6-16)13(18)19)14-9-3-1-2-4-10(9)15-12/h1-4,8H,5-7H2,(H,15,17)(H,18,19). The first-order valence-electron chi connectivity index (χ1n) is 6.06. The minimum atomic E-state index is -0.781. The Hall–Kier alpha value is -2.21. The number of aromatic nitrogens is 2. The lowest BCUT2D eigenvalue weighted by atomic mass is 10.0. The third-order valence-corrected chi connectivity index (χ3v) is 3.35. The lowest BCUT2D eigenvalue weighted by Crippen LogP contribution is -2.50. The largest absolute Gasteiger partial charge is 0.481 e. The Morgan fingerprint density at radius 1 is 1.42 bits per heavy atom. The van der Waals surface area contributed by atoms with Crippen LogP contribution < -0.4 is 5.56 Å². The van der Waals surface area contributed by atoms with Gasteiger partial charge in [0.25, 0.3) is 5.56 Å². The zero-order valence-electron chi connectivity index (χ0n) is 10.2. The second kappa shape index (κ2) is 4.47. The Labute approximate surface area is 108 Å². The molecule has 1 aromatic carbocycles. The van der Waals surface area contributed by atoms with E-state index in [1.165, 1.54) is 0 Å². The monoisotopic (exact) mass is 259 g/mol. The number of fused-ring (bicyclic) bond motifs is 1. The van der Waals surface area contributed by atoms with Crippen molar-refractivity contribution in [3.05, 3.63) is 40.3 Å². The molecule has 1 fully saturated rings. The smallest absolute Gasteiger partial charge is 0.309 e. The molecule has 1 aliphatic rings. The summed E-state index contributed by atoms with van der Waals surface area (Å²) < 4.78 is 0. The van der Waals surface area contributed by atoms with Gasteiger partial charge in [-0.15, -0.1) is 0 Å². The van der Waals surface area contributed by atoms with Gasteiger partial charge in [-0.25, -0.2) is 4.98 Å². The molecule has 2 heterocycles. The van der Waals surface area contributed by atoms with Gasteiger partial charge in [0.05, 0.1) is 17.0 Å². The number of para-hydroxylation sites is 2. The number of H-pyrrole nitrogens is 1. The van der Waals surface area contributed by atoms with Gasteiger partial charge in [0.1, 0.15) is 5.69 Å².